The van der Waals surface area contributed by atoms with Crippen molar-refractivity contribution in [3.63, 3.8) is 0 Å². The number of ether oxygens (including phenoxy) is 3. The molecule has 5 heterocycles. The van der Waals surface area contributed by atoms with Gasteiger partial charge in [0.25, 0.3) is 0 Å². The molecule has 2 aliphatic heterocycles. The van der Waals surface area contributed by atoms with Crippen molar-refractivity contribution in [3.8, 4) is 39.2 Å². The van der Waals surface area contributed by atoms with E-state index >= 15 is 0 Å². The minimum Gasteiger partial charge on any atom is -0.430 e. The molecule has 4 amide bonds. The number of carbonyl (C=O) groups excluding carboxylic acids is 5. The number of aromatic nitrogens is 4. The Bertz CT molecular complexity index is 3350. The lowest BCUT2D eigenvalue weighted by Gasteiger charge is -2.35. The normalized spacial score (nSPS) is 17.0. The third kappa shape index (κ3) is 14.9. The number of thiophene rings is 1. The van der Waals surface area contributed by atoms with Gasteiger partial charge in [-0.05, 0) is 92.5 Å². The molecule has 2 aromatic carbocycles. The lowest BCUT2D eigenvalue weighted by molar-refractivity contribution is -0.144. The van der Waals surface area contributed by atoms with E-state index in [9.17, 15) is 32.4 Å². The van der Waals surface area contributed by atoms with Crippen molar-refractivity contribution in [3.05, 3.63) is 104 Å². The Morgan fingerprint density at radius 1 is 0.962 bits per heavy atom. The molecule has 0 aliphatic carbocycles. The number of carbonyl (C=O) groups is 5. The SMILES string of the molecule is Cc1ncsc1-c1ccc(CNC(=O)[C@@H]2C[C@@H](OC(=O)OC(C)C(C)SS(C)(=O)=O)CN2C(=O)[C@@H](NC(=O)COCC#CC#CNC(=O)C[C@@H]2N=C(c3ccc(Cl)cc3)c3c(sc(C)c3C)-n3c(C)nnc32)C(C)(C)C)cc1. The maximum atomic E-state index is 14.5. The van der Waals surface area contributed by atoms with Gasteiger partial charge in [0.1, 0.15) is 54.4 Å². The van der Waals surface area contributed by atoms with Crippen molar-refractivity contribution in [1.82, 2.24) is 40.6 Å². The Hall–Kier alpha value is -6.60. The van der Waals surface area contributed by atoms with Gasteiger partial charge in [-0.1, -0.05) is 74.7 Å². The minimum atomic E-state index is -3.44. The molecule has 2 aliphatic rings. The summed E-state index contributed by atoms with van der Waals surface area (Å²) < 4.78 is 42.2. The molecule has 24 heteroatoms. The fourth-order valence-electron chi connectivity index (χ4n) is 8.58. The molecule has 3 aromatic heterocycles. The molecule has 7 rings (SSSR count). The number of hydrogen-bond acceptors (Lipinski definition) is 17. The standard InChI is InChI=1S/C54H60ClN9O10S4/c1-30-33(4)76-52-45(30)46(37-18-20-39(55)21-19-37)59-41(49-62-61-35(6)64(49)52)25-43(65)56-22-12-11-13-23-72-28-44(66)60-48(54(7,8)9)51(68)63-27-40(74-53(69)73-32(3)34(5)77-78(10,70)71)24-42(63)50(67)57-26-36-14-16-38(17-15-36)47-31(2)58-29-75-47/h14-21,29,32,34,40-42,48H,23-28H2,1-10H3,(H,56,65)(H,57,67)(H,60,66)/t32?,34?,40-,41+,42+,48-/m1/s1. The van der Waals surface area contributed by atoms with E-state index < -0.39 is 86.3 Å². The van der Waals surface area contributed by atoms with Crippen LogP contribution >= 0.6 is 45.1 Å². The molecule has 0 bridgehead atoms. The predicted octanol–water partition coefficient (Wildman–Crippen LogP) is 7.16. The van der Waals surface area contributed by atoms with Gasteiger partial charge < -0.3 is 29.7 Å². The quantitative estimate of drug-likeness (QED) is 0.0275. The predicted molar refractivity (Wildman–Crippen MR) is 301 cm³/mol. The van der Waals surface area contributed by atoms with Crippen LogP contribution in [0.5, 0.6) is 0 Å². The molecule has 0 saturated carbocycles. The van der Waals surface area contributed by atoms with E-state index in [1.807, 2.05) is 61.7 Å². The number of aliphatic imine (C=N–C) groups is 1. The largest absolute Gasteiger partial charge is 0.508 e. The summed E-state index contributed by atoms with van der Waals surface area (Å²) in [6.45, 7) is 15.5. The van der Waals surface area contributed by atoms with Gasteiger partial charge in [-0.3, -0.25) is 34.1 Å². The number of amides is 4. The van der Waals surface area contributed by atoms with Crippen LogP contribution < -0.4 is 16.0 Å². The first-order valence-corrected chi connectivity index (χ1v) is 30.1. The zero-order valence-electron chi connectivity index (χ0n) is 44.7. The molecule has 19 nitrogen and oxygen atoms in total. The summed E-state index contributed by atoms with van der Waals surface area (Å²) >= 11 is 9.37. The van der Waals surface area contributed by atoms with Crippen LogP contribution in [0.4, 0.5) is 4.79 Å². The lowest BCUT2D eigenvalue weighted by atomic mass is 9.85. The molecule has 3 N–H and O–H groups in total. The second-order valence-electron chi connectivity index (χ2n) is 19.8. The Morgan fingerprint density at radius 2 is 1.67 bits per heavy atom. The van der Waals surface area contributed by atoms with Crippen molar-refractivity contribution < 1.29 is 46.6 Å². The number of nitrogens with one attached hydrogen (secondary N) is 3. The van der Waals surface area contributed by atoms with Gasteiger partial charge in [0.05, 0.1) is 40.0 Å². The van der Waals surface area contributed by atoms with Gasteiger partial charge in [-0.2, -0.15) is 0 Å². The van der Waals surface area contributed by atoms with Gasteiger partial charge in [0, 0.05) is 52.2 Å². The summed E-state index contributed by atoms with van der Waals surface area (Å²) in [5.41, 5.74) is 7.14. The van der Waals surface area contributed by atoms with E-state index in [2.05, 4.69) is 61.9 Å². The summed E-state index contributed by atoms with van der Waals surface area (Å²) in [7, 11) is -2.80. The number of hydrogen-bond donors (Lipinski definition) is 3. The minimum absolute atomic E-state index is 0.0851. The number of aryl methyl sites for hydroxylation is 3. The van der Waals surface area contributed by atoms with Gasteiger partial charge in [-0.15, -0.1) is 32.9 Å². The van der Waals surface area contributed by atoms with E-state index in [0.29, 0.717) is 33.2 Å². The van der Waals surface area contributed by atoms with Gasteiger partial charge in [-0.25, -0.2) is 18.2 Å². The molecular weight excluding hydrogens is 1100 g/mol. The van der Waals surface area contributed by atoms with E-state index in [0.717, 1.165) is 54.5 Å². The summed E-state index contributed by atoms with van der Waals surface area (Å²) in [5, 5.41) is 17.9. The molecule has 2 unspecified atom stereocenters. The highest BCUT2D eigenvalue weighted by molar-refractivity contribution is 8.72. The van der Waals surface area contributed by atoms with Crippen LogP contribution in [0.15, 0.2) is 59.0 Å². The molecule has 1 fully saturated rings. The van der Waals surface area contributed by atoms with Crippen molar-refractivity contribution in [2.45, 2.75) is 117 Å². The average Bonchev–Trinajstić information content (AvgIpc) is 4.37. The Balaban J connectivity index is 0.956. The zero-order chi connectivity index (χ0) is 56.6. The second kappa shape index (κ2) is 25.5. The fraction of sp³-hybridized carbons (Fsp3) is 0.426. The van der Waals surface area contributed by atoms with E-state index in [4.69, 9.17) is 30.8 Å². The number of thiazole rings is 1. The molecule has 5 aromatic rings. The first-order chi connectivity index (χ1) is 36.9. The maximum absolute atomic E-state index is 14.5. The molecule has 0 spiro atoms. The van der Waals surface area contributed by atoms with Gasteiger partial charge in [0.15, 0.2) is 14.7 Å². The van der Waals surface area contributed by atoms with E-state index in [1.165, 1.54) is 23.2 Å². The first kappa shape index (κ1) is 59.1. The summed E-state index contributed by atoms with van der Waals surface area (Å²) in [4.78, 5) is 81.1. The first-order valence-electron chi connectivity index (χ1n) is 24.7. The highest BCUT2D eigenvalue weighted by Crippen LogP contribution is 2.40. The Morgan fingerprint density at radius 3 is 2.33 bits per heavy atom. The van der Waals surface area contributed by atoms with Gasteiger partial charge >= 0.3 is 6.16 Å². The Kier molecular flexibility index (Phi) is 19.3. The lowest BCUT2D eigenvalue weighted by Crippen LogP contribution is -2.58. The van der Waals surface area contributed by atoms with Crippen LogP contribution in [0.1, 0.15) is 98.0 Å². The van der Waals surface area contributed by atoms with Gasteiger partial charge in [0.2, 0.25) is 23.6 Å². The van der Waals surface area contributed by atoms with Crippen molar-refractivity contribution in [2.75, 3.05) is 26.0 Å². The maximum Gasteiger partial charge on any atom is 0.508 e. The van der Waals surface area contributed by atoms with Crippen molar-refractivity contribution >= 4 is 89.4 Å². The summed E-state index contributed by atoms with van der Waals surface area (Å²) in [6, 6.07) is 14.6. The number of halogens is 1. The molecule has 1 saturated heterocycles. The molecule has 6 atom stereocenters. The molecule has 78 heavy (non-hydrogen) atoms. The number of fused-ring (bicyclic) bond motifs is 3. The third-order valence-electron chi connectivity index (χ3n) is 12.8. The fourth-order valence-corrected chi connectivity index (χ4v) is 13.6. The smallest absolute Gasteiger partial charge is 0.430 e. The number of likely N-dealkylation sites (tertiary alicyclic amines) is 1. The molecule has 412 valence electrons. The summed E-state index contributed by atoms with van der Waals surface area (Å²) in [6.07, 6.45) is -2.06. The topological polar surface area (TPSA) is 242 Å². The average molecular weight is 1160 g/mol. The highest BCUT2D eigenvalue weighted by Gasteiger charge is 2.46. The van der Waals surface area contributed by atoms with Crippen LogP contribution in [0.3, 0.4) is 0 Å². The second-order valence-corrected chi connectivity index (χ2v) is 27.0. The number of rotatable bonds is 17. The monoisotopic (exact) mass is 1160 g/mol. The highest BCUT2D eigenvalue weighted by atomic mass is 35.5. The Labute approximate surface area is 470 Å². The van der Waals surface area contributed by atoms with E-state index in [1.54, 1.807) is 56.7 Å². The zero-order valence-corrected chi connectivity index (χ0v) is 48.7. The summed E-state index contributed by atoms with van der Waals surface area (Å²) in [5.74, 6) is 6.85. The van der Waals surface area contributed by atoms with Crippen LogP contribution in [-0.2, 0) is 48.8 Å². The molecule has 0 radical (unpaired) electrons. The van der Waals surface area contributed by atoms with Crippen LogP contribution in [0.25, 0.3) is 15.4 Å². The number of benzene rings is 2. The van der Waals surface area contributed by atoms with Crippen molar-refractivity contribution in [1.29, 1.82) is 0 Å². The van der Waals surface area contributed by atoms with Crippen LogP contribution in [0, 0.1) is 56.9 Å². The number of nitrogens with zero attached hydrogens (tertiary/aromatic N) is 6. The van der Waals surface area contributed by atoms with Crippen LogP contribution in [0.2, 0.25) is 5.02 Å². The van der Waals surface area contributed by atoms with Crippen LogP contribution in [-0.4, -0.2) is 124 Å². The third-order valence-corrected chi connectivity index (χ3v) is 18.2. The van der Waals surface area contributed by atoms with Crippen molar-refractivity contribution in [2.24, 2.45) is 10.4 Å². The van der Waals surface area contributed by atoms with E-state index in [-0.39, 0.29) is 32.5 Å². The molecular formula is C54H60ClN9O10S4.